The Morgan fingerprint density at radius 2 is 1.48 bits per heavy atom. The quantitative estimate of drug-likeness (QED) is 0.518. The lowest BCUT2D eigenvalue weighted by atomic mass is 9.72. The molecule has 0 bridgehead atoms. The molecule has 2 aromatic carbocycles. The second kappa shape index (κ2) is 12.7. The molecule has 1 N–H and O–H groups in total. The summed E-state index contributed by atoms with van der Waals surface area (Å²) in [5.74, 6) is 0.00904. The van der Waals surface area contributed by atoms with Crippen molar-refractivity contribution in [3.63, 3.8) is 0 Å². The third-order valence-electron chi connectivity index (χ3n) is 6.67. The molecule has 0 radical (unpaired) electrons. The van der Waals surface area contributed by atoms with Crippen molar-refractivity contribution in [2.75, 3.05) is 52.5 Å². The lowest BCUT2D eigenvalue weighted by Gasteiger charge is -2.42. The van der Waals surface area contributed by atoms with Gasteiger partial charge in [-0.05, 0) is 43.0 Å². The van der Waals surface area contributed by atoms with Gasteiger partial charge in [0.05, 0.1) is 13.2 Å². The van der Waals surface area contributed by atoms with Gasteiger partial charge in [0.2, 0.25) is 0 Å². The van der Waals surface area contributed by atoms with Crippen molar-refractivity contribution in [1.82, 2.24) is 9.80 Å². The Kier molecular flexibility index (Phi) is 9.73. The van der Waals surface area contributed by atoms with Gasteiger partial charge in [-0.2, -0.15) is 0 Å². The summed E-state index contributed by atoms with van der Waals surface area (Å²) in [7, 11) is 0. The van der Waals surface area contributed by atoms with Crippen LogP contribution >= 0.6 is 0 Å². The minimum absolute atomic E-state index is 0.00904. The van der Waals surface area contributed by atoms with E-state index in [4.69, 9.17) is 9.47 Å². The Morgan fingerprint density at radius 1 is 0.939 bits per heavy atom. The summed E-state index contributed by atoms with van der Waals surface area (Å²) >= 11 is 0. The van der Waals surface area contributed by atoms with Crippen molar-refractivity contribution in [3.8, 4) is 0 Å². The first-order valence-electron chi connectivity index (χ1n) is 12.1. The van der Waals surface area contributed by atoms with E-state index in [-0.39, 0.29) is 18.6 Å². The van der Waals surface area contributed by atoms with Crippen LogP contribution in [0, 0.1) is 5.92 Å². The lowest BCUT2D eigenvalue weighted by Crippen LogP contribution is -2.46. The summed E-state index contributed by atoms with van der Waals surface area (Å²) in [6.07, 6.45) is 1.11. The van der Waals surface area contributed by atoms with Crippen LogP contribution in [0.5, 0.6) is 0 Å². The molecule has 0 aliphatic carbocycles. The number of likely N-dealkylation sites (tertiary alicyclic amines) is 1. The maximum Gasteiger partial charge on any atom is 0.409 e. The summed E-state index contributed by atoms with van der Waals surface area (Å²) in [5.41, 5.74) is 0.690. The first kappa shape index (κ1) is 25.2. The van der Waals surface area contributed by atoms with Gasteiger partial charge in [0.25, 0.3) is 0 Å². The number of benzene rings is 2. The highest BCUT2D eigenvalue weighted by Crippen LogP contribution is 2.41. The second-order valence-electron chi connectivity index (χ2n) is 8.51. The number of aliphatic hydroxyl groups is 1. The largest absolute Gasteiger partial charge is 0.447 e. The standard InChI is InChI=1S/C27H38N2O4/c1-3-28(4-2)19-20-32-21-22-33-26(30)29-17-15-25(16-18-29)27(31,23-11-7-5-8-12-23)24-13-9-6-10-14-24/h5-14,25,31H,3-4,15-22H2,1-2H3. The highest BCUT2D eigenvalue weighted by molar-refractivity contribution is 5.67. The van der Waals surface area contributed by atoms with E-state index in [1.165, 1.54) is 0 Å². The van der Waals surface area contributed by atoms with Crippen LogP contribution in [-0.4, -0.2) is 73.5 Å². The average molecular weight is 455 g/mol. The molecule has 33 heavy (non-hydrogen) atoms. The first-order valence-corrected chi connectivity index (χ1v) is 12.1. The van der Waals surface area contributed by atoms with Gasteiger partial charge in [-0.15, -0.1) is 0 Å². The number of likely N-dealkylation sites (N-methyl/N-ethyl adjacent to an activating group) is 1. The van der Waals surface area contributed by atoms with E-state index < -0.39 is 5.60 Å². The van der Waals surface area contributed by atoms with Gasteiger partial charge in [-0.25, -0.2) is 4.79 Å². The molecule has 1 fully saturated rings. The SMILES string of the molecule is CCN(CC)CCOCCOC(=O)N1CCC(C(O)(c2ccccc2)c2ccccc2)CC1. The van der Waals surface area contributed by atoms with E-state index in [0.29, 0.717) is 39.1 Å². The van der Waals surface area contributed by atoms with E-state index in [1.54, 1.807) is 4.90 Å². The Balaban J connectivity index is 1.50. The van der Waals surface area contributed by atoms with Gasteiger partial charge in [0.15, 0.2) is 0 Å². The molecule has 6 nitrogen and oxygen atoms in total. The molecule has 6 heteroatoms. The summed E-state index contributed by atoms with van der Waals surface area (Å²) in [6.45, 7) is 9.61. The lowest BCUT2D eigenvalue weighted by molar-refractivity contribution is -0.0163. The molecule has 0 saturated carbocycles. The highest BCUT2D eigenvalue weighted by Gasteiger charge is 2.42. The number of hydrogen-bond donors (Lipinski definition) is 1. The van der Waals surface area contributed by atoms with E-state index in [0.717, 1.165) is 30.8 Å². The van der Waals surface area contributed by atoms with Crippen molar-refractivity contribution >= 4 is 6.09 Å². The van der Waals surface area contributed by atoms with Crippen LogP contribution in [0.3, 0.4) is 0 Å². The van der Waals surface area contributed by atoms with Crippen molar-refractivity contribution < 1.29 is 19.4 Å². The third-order valence-corrected chi connectivity index (χ3v) is 6.67. The Morgan fingerprint density at radius 3 is 2.00 bits per heavy atom. The van der Waals surface area contributed by atoms with Crippen LogP contribution in [0.25, 0.3) is 0 Å². The second-order valence-corrected chi connectivity index (χ2v) is 8.51. The first-order chi connectivity index (χ1) is 16.1. The molecule has 1 aliphatic heterocycles. The number of carbonyl (C=O) groups excluding carboxylic acids is 1. The average Bonchev–Trinajstić information content (AvgIpc) is 2.89. The smallest absolute Gasteiger partial charge is 0.409 e. The molecule has 1 heterocycles. The summed E-state index contributed by atoms with van der Waals surface area (Å²) in [6, 6.07) is 19.7. The van der Waals surface area contributed by atoms with E-state index in [9.17, 15) is 9.90 Å². The molecular formula is C27H38N2O4. The number of rotatable bonds is 11. The summed E-state index contributed by atoms with van der Waals surface area (Å²) in [4.78, 5) is 16.5. The van der Waals surface area contributed by atoms with Gasteiger partial charge in [-0.1, -0.05) is 74.5 Å². The third kappa shape index (κ3) is 6.56. The van der Waals surface area contributed by atoms with E-state index >= 15 is 0 Å². The van der Waals surface area contributed by atoms with E-state index in [2.05, 4.69) is 18.7 Å². The van der Waals surface area contributed by atoms with Gasteiger partial charge < -0.3 is 24.4 Å². The van der Waals surface area contributed by atoms with Crippen LogP contribution in [0.2, 0.25) is 0 Å². The van der Waals surface area contributed by atoms with Gasteiger partial charge in [0.1, 0.15) is 12.2 Å². The minimum Gasteiger partial charge on any atom is -0.447 e. The molecule has 1 aliphatic rings. The molecule has 0 unspecified atom stereocenters. The molecular weight excluding hydrogens is 416 g/mol. The number of nitrogens with zero attached hydrogens (tertiary/aromatic N) is 2. The van der Waals surface area contributed by atoms with Crippen LogP contribution in [0.1, 0.15) is 37.8 Å². The summed E-state index contributed by atoms with van der Waals surface area (Å²) < 4.78 is 11.0. The van der Waals surface area contributed by atoms with Crippen LogP contribution in [0.4, 0.5) is 4.79 Å². The zero-order chi connectivity index (χ0) is 23.5. The van der Waals surface area contributed by atoms with Crippen LogP contribution < -0.4 is 0 Å². The Bertz CT molecular complexity index is 779. The zero-order valence-electron chi connectivity index (χ0n) is 20.0. The van der Waals surface area contributed by atoms with Gasteiger partial charge >= 0.3 is 6.09 Å². The Labute approximate surface area is 198 Å². The topological polar surface area (TPSA) is 62.2 Å². The molecule has 2 aromatic rings. The molecule has 3 rings (SSSR count). The zero-order valence-corrected chi connectivity index (χ0v) is 20.0. The minimum atomic E-state index is -1.09. The molecule has 0 aromatic heterocycles. The van der Waals surface area contributed by atoms with Crippen molar-refractivity contribution in [1.29, 1.82) is 0 Å². The molecule has 180 valence electrons. The number of hydrogen-bond acceptors (Lipinski definition) is 5. The Hall–Kier alpha value is -2.41. The molecule has 1 amide bonds. The number of carbonyl (C=O) groups is 1. The number of piperidine rings is 1. The number of ether oxygens (including phenoxy) is 2. The fourth-order valence-electron chi connectivity index (χ4n) is 4.62. The van der Waals surface area contributed by atoms with Crippen molar-refractivity contribution in [2.45, 2.75) is 32.3 Å². The fraction of sp³-hybridized carbons (Fsp3) is 0.519. The normalized spacial score (nSPS) is 15.1. The van der Waals surface area contributed by atoms with Crippen molar-refractivity contribution in [3.05, 3.63) is 71.8 Å². The predicted molar refractivity (Wildman–Crippen MR) is 130 cm³/mol. The van der Waals surface area contributed by atoms with Gasteiger partial charge in [0, 0.05) is 19.6 Å². The monoisotopic (exact) mass is 454 g/mol. The number of amides is 1. The van der Waals surface area contributed by atoms with E-state index in [1.807, 2.05) is 60.7 Å². The van der Waals surface area contributed by atoms with Crippen LogP contribution in [-0.2, 0) is 15.1 Å². The van der Waals surface area contributed by atoms with Gasteiger partial charge in [-0.3, -0.25) is 0 Å². The fourth-order valence-corrected chi connectivity index (χ4v) is 4.62. The molecule has 0 atom stereocenters. The molecule has 1 saturated heterocycles. The van der Waals surface area contributed by atoms with Crippen molar-refractivity contribution in [2.24, 2.45) is 5.92 Å². The molecule has 0 spiro atoms. The van der Waals surface area contributed by atoms with Crippen LogP contribution in [0.15, 0.2) is 60.7 Å². The maximum atomic E-state index is 12.5. The summed E-state index contributed by atoms with van der Waals surface area (Å²) in [5, 5.41) is 11.9. The maximum absolute atomic E-state index is 12.5. The predicted octanol–water partition coefficient (Wildman–Crippen LogP) is 4.13. The highest BCUT2D eigenvalue weighted by atomic mass is 16.6.